The molecule has 0 amide bonds. The third-order valence-corrected chi connectivity index (χ3v) is 3.25. The minimum atomic E-state index is -0.910. The molecule has 0 bridgehead atoms. The molecule has 0 heterocycles. The lowest BCUT2D eigenvalue weighted by atomic mass is 9.96. The van der Waals surface area contributed by atoms with Crippen molar-refractivity contribution in [3.8, 4) is 0 Å². The Morgan fingerprint density at radius 3 is 2.32 bits per heavy atom. The predicted molar refractivity (Wildman–Crippen MR) is 72.2 cm³/mol. The third-order valence-electron chi connectivity index (χ3n) is 3.25. The predicted octanol–water partition coefficient (Wildman–Crippen LogP) is 3.75. The Hall–Kier alpha value is -2.16. The van der Waals surface area contributed by atoms with Gasteiger partial charge < -0.3 is 5.11 Å². The Balaban J connectivity index is 2.27. The Bertz CT molecular complexity index is 588. The highest BCUT2D eigenvalue weighted by atomic mass is 19.1. The van der Waals surface area contributed by atoms with E-state index in [-0.39, 0.29) is 0 Å². The van der Waals surface area contributed by atoms with Crippen LogP contribution in [-0.4, -0.2) is 11.1 Å². The van der Waals surface area contributed by atoms with Gasteiger partial charge in [-0.3, -0.25) is 0 Å². The maximum absolute atomic E-state index is 12.4. The second-order valence-corrected chi connectivity index (χ2v) is 4.52. The fourth-order valence-electron chi connectivity index (χ4n) is 2.07. The smallest absolute Gasteiger partial charge is 0.335 e. The van der Waals surface area contributed by atoms with Crippen LogP contribution < -0.4 is 0 Å². The highest BCUT2D eigenvalue weighted by molar-refractivity contribution is 5.89. The Labute approximate surface area is 111 Å². The average Bonchev–Trinajstić information content (AvgIpc) is 2.41. The Kier molecular flexibility index (Phi) is 3.95. The summed E-state index contributed by atoms with van der Waals surface area (Å²) in [6, 6.07) is 12.5. The van der Waals surface area contributed by atoms with Crippen molar-refractivity contribution >= 4 is 5.97 Å². The summed E-state index contributed by atoms with van der Waals surface area (Å²) in [4.78, 5) is 11.1. The third kappa shape index (κ3) is 2.99. The van der Waals surface area contributed by atoms with E-state index in [9.17, 15) is 9.18 Å². The molecule has 2 aromatic rings. The van der Waals surface area contributed by atoms with Crippen LogP contribution in [-0.2, 0) is 13.1 Å². The normalized spacial score (nSPS) is 10.4. The molecule has 0 fully saturated rings. The van der Waals surface area contributed by atoms with Crippen molar-refractivity contribution in [3.05, 3.63) is 70.3 Å². The summed E-state index contributed by atoms with van der Waals surface area (Å²) < 4.78 is 12.4. The van der Waals surface area contributed by atoms with Crippen LogP contribution in [0.1, 0.15) is 32.6 Å². The van der Waals surface area contributed by atoms with Crippen LogP contribution >= 0.6 is 0 Å². The molecule has 0 aliphatic carbocycles. The van der Waals surface area contributed by atoms with Crippen molar-refractivity contribution in [2.75, 3.05) is 0 Å². The van der Waals surface area contributed by atoms with Gasteiger partial charge in [-0.05, 0) is 41.7 Å². The Morgan fingerprint density at radius 1 is 1.11 bits per heavy atom. The summed E-state index contributed by atoms with van der Waals surface area (Å²) in [5.41, 5.74) is 3.79. The molecule has 0 atom stereocenters. The van der Waals surface area contributed by atoms with Gasteiger partial charge in [-0.1, -0.05) is 36.4 Å². The second-order valence-electron chi connectivity index (χ2n) is 4.52. The van der Waals surface area contributed by atoms with Crippen molar-refractivity contribution in [1.29, 1.82) is 0 Å². The van der Waals surface area contributed by atoms with Gasteiger partial charge in [0.1, 0.15) is 6.67 Å². The van der Waals surface area contributed by atoms with Crippen LogP contribution in [0.3, 0.4) is 0 Å². The largest absolute Gasteiger partial charge is 0.478 e. The monoisotopic (exact) mass is 258 g/mol. The van der Waals surface area contributed by atoms with E-state index < -0.39 is 12.6 Å². The van der Waals surface area contributed by atoms with Gasteiger partial charge in [0.2, 0.25) is 0 Å². The topological polar surface area (TPSA) is 37.3 Å². The van der Waals surface area contributed by atoms with Gasteiger partial charge in [0.15, 0.2) is 0 Å². The quantitative estimate of drug-likeness (QED) is 0.906. The first-order chi connectivity index (χ1) is 9.11. The summed E-state index contributed by atoms with van der Waals surface area (Å²) in [5.74, 6) is -0.910. The summed E-state index contributed by atoms with van der Waals surface area (Å²) in [6.45, 7) is 1.35. The molecule has 1 N–H and O–H groups in total. The molecular formula is C16H15FO2. The molecule has 0 unspecified atom stereocenters. The second kappa shape index (κ2) is 5.65. The SMILES string of the molecule is Cc1c(Cc2ccc(CF)cc2)cccc1C(=O)O. The molecule has 0 saturated carbocycles. The number of benzene rings is 2. The molecular weight excluding hydrogens is 243 g/mol. The number of carbonyl (C=O) groups is 1. The molecule has 0 aliphatic rings. The van der Waals surface area contributed by atoms with Gasteiger partial charge in [0.05, 0.1) is 5.56 Å². The number of carboxylic acids is 1. The molecule has 0 radical (unpaired) electrons. The summed E-state index contributed by atoms with van der Waals surface area (Å²) in [5, 5.41) is 9.08. The van der Waals surface area contributed by atoms with Crippen molar-refractivity contribution in [3.63, 3.8) is 0 Å². The van der Waals surface area contributed by atoms with E-state index in [1.54, 1.807) is 24.3 Å². The molecule has 98 valence electrons. The lowest BCUT2D eigenvalue weighted by Gasteiger charge is -2.09. The van der Waals surface area contributed by atoms with Crippen molar-refractivity contribution in [2.45, 2.75) is 20.0 Å². The van der Waals surface area contributed by atoms with Crippen molar-refractivity contribution in [2.24, 2.45) is 0 Å². The average molecular weight is 258 g/mol. The molecule has 2 aromatic carbocycles. The first-order valence-electron chi connectivity index (χ1n) is 6.07. The fraction of sp³-hybridized carbons (Fsp3) is 0.188. The molecule has 0 spiro atoms. The number of hydrogen-bond donors (Lipinski definition) is 1. The van der Waals surface area contributed by atoms with E-state index in [2.05, 4.69) is 0 Å². The highest BCUT2D eigenvalue weighted by Crippen LogP contribution is 2.18. The van der Waals surface area contributed by atoms with Gasteiger partial charge in [0.25, 0.3) is 0 Å². The van der Waals surface area contributed by atoms with E-state index in [1.807, 2.05) is 25.1 Å². The summed E-state index contributed by atoms with van der Waals surface area (Å²) in [6.07, 6.45) is 0.652. The minimum absolute atomic E-state index is 0.331. The lowest BCUT2D eigenvalue weighted by Crippen LogP contribution is -2.03. The van der Waals surface area contributed by atoms with E-state index in [1.165, 1.54) is 0 Å². The van der Waals surface area contributed by atoms with Crippen LogP contribution in [0.2, 0.25) is 0 Å². The molecule has 0 saturated heterocycles. The number of hydrogen-bond acceptors (Lipinski definition) is 1. The standard InChI is InChI=1S/C16H15FO2/c1-11-14(3-2-4-15(11)16(18)19)9-12-5-7-13(10-17)8-6-12/h2-8H,9-10H2,1H3,(H,18,19). The number of aromatic carboxylic acids is 1. The molecule has 0 aliphatic heterocycles. The minimum Gasteiger partial charge on any atom is -0.478 e. The van der Waals surface area contributed by atoms with Crippen LogP contribution in [0, 0.1) is 6.92 Å². The first-order valence-corrected chi connectivity index (χ1v) is 6.07. The highest BCUT2D eigenvalue weighted by Gasteiger charge is 2.10. The van der Waals surface area contributed by atoms with Crippen LogP contribution in [0.15, 0.2) is 42.5 Å². The molecule has 2 rings (SSSR count). The molecule has 2 nitrogen and oxygen atoms in total. The zero-order chi connectivity index (χ0) is 13.8. The zero-order valence-corrected chi connectivity index (χ0v) is 10.7. The van der Waals surface area contributed by atoms with E-state index in [0.29, 0.717) is 17.5 Å². The Morgan fingerprint density at radius 2 is 1.74 bits per heavy atom. The van der Waals surface area contributed by atoms with E-state index >= 15 is 0 Å². The van der Waals surface area contributed by atoms with Crippen molar-refractivity contribution in [1.82, 2.24) is 0 Å². The number of carboxylic acid groups (broad SMARTS) is 1. The van der Waals surface area contributed by atoms with E-state index in [4.69, 9.17) is 5.11 Å². The van der Waals surface area contributed by atoms with Gasteiger partial charge in [-0.15, -0.1) is 0 Å². The maximum Gasteiger partial charge on any atom is 0.335 e. The van der Waals surface area contributed by atoms with Crippen LogP contribution in [0.25, 0.3) is 0 Å². The van der Waals surface area contributed by atoms with Crippen molar-refractivity contribution < 1.29 is 14.3 Å². The van der Waals surface area contributed by atoms with Gasteiger partial charge in [-0.2, -0.15) is 0 Å². The first kappa shape index (κ1) is 13.3. The fourth-order valence-corrected chi connectivity index (χ4v) is 2.07. The molecule has 3 heteroatoms. The van der Waals surface area contributed by atoms with Crippen LogP contribution in [0.4, 0.5) is 4.39 Å². The maximum atomic E-state index is 12.4. The summed E-state index contributed by atoms with van der Waals surface area (Å²) in [7, 11) is 0. The molecule has 0 aromatic heterocycles. The number of alkyl halides is 1. The number of rotatable bonds is 4. The zero-order valence-electron chi connectivity index (χ0n) is 10.7. The van der Waals surface area contributed by atoms with E-state index in [0.717, 1.165) is 16.7 Å². The number of halogens is 1. The van der Waals surface area contributed by atoms with Gasteiger partial charge in [-0.25, -0.2) is 9.18 Å². The van der Waals surface area contributed by atoms with Gasteiger partial charge >= 0.3 is 5.97 Å². The van der Waals surface area contributed by atoms with Crippen LogP contribution in [0.5, 0.6) is 0 Å². The molecule has 19 heavy (non-hydrogen) atoms. The summed E-state index contributed by atoms with van der Waals surface area (Å²) >= 11 is 0. The lowest BCUT2D eigenvalue weighted by molar-refractivity contribution is 0.0696. The van der Waals surface area contributed by atoms with Gasteiger partial charge in [0, 0.05) is 0 Å².